The molecule has 1 aliphatic rings. The molecule has 0 amide bonds. The van der Waals surface area contributed by atoms with Gasteiger partial charge in [0.1, 0.15) is 0 Å². The molecule has 114 valence electrons. The molecule has 0 spiro atoms. The highest BCUT2D eigenvalue weighted by Gasteiger charge is 2.33. The Morgan fingerprint density at radius 2 is 2.04 bits per heavy atom. The predicted molar refractivity (Wildman–Crippen MR) is 83.7 cm³/mol. The minimum absolute atomic E-state index is 0.115. The van der Waals surface area contributed by atoms with Crippen molar-refractivity contribution in [3.05, 3.63) is 48.0 Å². The Labute approximate surface area is 133 Å². The SMILES string of the molecule is N#CC(c1ccccc1)C1CCCN1c1ccc2nnnn2n1. The summed E-state index contributed by atoms with van der Waals surface area (Å²) in [6, 6.07) is 16.3. The topological polar surface area (TPSA) is 83.0 Å². The Kier molecular flexibility index (Phi) is 3.35. The van der Waals surface area contributed by atoms with Crippen molar-refractivity contribution in [3.8, 4) is 6.07 Å². The monoisotopic (exact) mass is 305 g/mol. The summed E-state index contributed by atoms with van der Waals surface area (Å²) >= 11 is 0. The van der Waals surface area contributed by atoms with Gasteiger partial charge in [0.2, 0.25) is 0 Å². The first-order chi connectivity index (χ1) is 11.4. The van der Waals surface area contributed by atoms with Crippen LogP contribution in [0.4, 0.5) is 5.82 Å². The Balaban J connectivity index is 1.69. The molecule has 0 radical (unpaired) electrons. The summed E-state index contributed by atoms with van der Waals surface area (Å²) in [5.74, 6) is 0.633. The molecule has 0 N–H and O–H groups in total. The molecule has 7 nitrogen and oxygen atoms in total. The molecule has 0 bridgehead atoms. The van der Waals surface area contributed by atoms with Crippen molar-refractivity contribution in [2.45, 2.75) is 24.8 Å². The van der Waals surface area contributed by atoms with E-state index in [1.807, 2.05) is 42.5 Å². The third kappa shape index (κ3) is 2.38. The third-order valence-corrected chi connectivity index (χ3v) is 4.33. The fraction of sp³-hybridized carbons (Fsp3) is 0.312. The van der Waals surface area contributed by atoms with Gasteiger partial charge in [-0.2, -0.15) is 5.26 Å². The lowest BCUT2D eigenvalue weighted by molar-refractivity contribution is 0.600. The number of nitrogens with zero attached hydrogens (tertiary/aromatic N) is 7. The maximum absolute atomic E-state index is 9.71. The van der Waals surface area contributed by atoms with Crippen molar-refractivity contribution < 1.29 is 0 Å². The second kappa shape index (κ2) is 5.65. The molecule has 2 unspecified atom stereocenters. The van der Waals surface area contributed by atoms with Crippen molar-refractivity contribution in [2.75, 3.05) is 11.4 Å². The molecule has 1 aromatic carbocycles. The zero-order chi connectivity index (χ0) is 15.6. The van der Waals surface area contributed by atoms with Gasteiger partial charge in [-0.3, -0.25) is 0 Å². The summed E-state index contributed by atoms with van der Waals surface area (Å²) in [5.41, 5.74) is 1.67. The van der Waals surface area contributed by atoms with E-state index in [9.17, 15) is 5.26 Å². The van der Waals surface area contributed by atoms with E-state index in [0.717, 1.165) is 30.8 Å². The van der Waals surface area contributed by atoms with Gasteiger partial charge in [0.15, 0.2) is 11.5 Å². The number of benzene rings is 1. The first-order valence-corrected chi connectivity index (χ1v) is 7.63. The van der Waals surface area contributed by atoms with Crippen LogP contribution < -0.4 is 4.90 Å². The normalized spacial score (nSPS) is 18.9. The van der Waals surface area contributed by atoms with Gasteiger partial charge >= 0.3 is 0 Å². The summed E-state index contributed by atoms with van der Waals surface area (Å²) in [5, 5.41) is 25.5. The number of tetrazole rings is 1. The van der Waals surface area contributed by atoms with Gasteiger partial charge in [-0.25, -0.2) is 0 Å². The highest BCUT2D eigenvalue weighted by atomic mass is 15.6. The van der Waals surface area contributed by atoms with Crippen LogP contribution in [0, 0.1) is 11.3 Å². The van der Waals surface area contributed by atoms with Gasteiger partial charge in [0.25, 0.3) is 0 Å². The quantitative estimate of drug-likeness (QED) is 0.733. The molecule has 23 heavy (non-hydrogen) atoms. The molecule has 2 aromatic heterocycles. The minimum Gasteiger partial charge on any atom is -0.350 e. The van der Waals surface area contributed by atoms with Crippen LogP contribution in [0.3, 0.4) is 0 Å². The third-order valence-electron chi connectivity index (χ3n) is 4.33. The summed E-state index contributed by atoms with van der Waals surface area (Å²) in [4.78, 5) is 2.20. The van der Waals surface area contributed by atoms with E-state index in [2.05, 4.69) is 31.6 Å². The average Bonchev–Trinajstić information content (AvgIpc) is 3.25. The molecule has 2 atom stereocenters. The second-order valence-electron chi connectivity index (χ2n) is 5.64. The Morgan fingerprint density at radius 1 is 1.17 bits per heavy atom. The molecular formula is C16H15N7. The zero-order valence-electron chi connectivity index (χ0n) is 12.4. The Hall–Kier alpha value is -3.01. The van der Waals surface area contributed by atoms with Gasteiger partial charge in [0, 0.05) is 6.54 Å². The van der Waals surface area contributed by atoms with Gasteiger partial charge in [0.05, 0.1) is 18.0 Å². The fourth-order valence-corrected chi connectivity index (χ4v) is 3.26. The van der Waals surface area contributed by atoms with E-state index in [-0.39, 0.29) is 12.0 Å². The molecule has 4 rings (SSSR count). The highest BCUT2D eigenvalue weighted by molar-refractivity contribution is 5.47. The molecule has 1 fully saturated rings. The van der Waals surface area contributed by atoms with Crippen molar-refractivity contribution in [1.29, 1.82) is 5.26 Å². The van der Waals surface area contributed by atoms with E-state index < -0.39 is 0 Å². The van der Waals surface area contributed by atoms with E-state index in [1.165, 1.54) is 4.63 Å². The van der Waals surface area contributed by atoms with E-state index in [1.54, 1.807) is 0 Å². The van der Waals surface area contributed by atoms with E-state index in [4.69, 9.17) is 0 Å². The van der Waals surface area contributed by atoms with Crippen LogP contribution in [-0.4, -0.2) is 37.8 Å². The molecule has 0 aliphatic carbocycles. The predicted octanol–water partition coefficient (Wildman–Crippen LogP) is 1.80. The number of nitriles is 1. The number of rotatable bonds is 3. The second-order valence-corrected chi connectivity index (χ2v) is 5.64. The summed E-state index contributed by atoms with van der Waals surface area (Å²) in [7, 11) is 0. The van der Waals surface area contributed by atoms with Crippen molar-refractivity contribution >= 4 is 11.5 Å². The number of aromatic nitrogens is 5. The minimum atomic E-state index is -0.176. The number of hydrogen-bond donors (Lipinski definition) is 0. The number of fused-ring (bicyclic) bond motifs is 1. The van der Waals surface area contributed by atoms with Crippen molar-refractivity contribution in [2.24, 2.45) is 0 Å². The van der Waals surface area contributed by atoms with Gasteiger partial charge in [-0.05, 0) is 41.0 Å². The smallest absolute Gasteiger partial charge is 0.200 e. The average molecular weight is 305 g/mol. The number of anilines is 1. The van der Waals surface area contributed by atoms with Gasteiger partial charge in [-0.1, -0.05) is 30.3 Å². The summed E-state index contributed by atoms with van der Waals surface area (Å²) < 4.78 is 1.43. The molecule has 1 saturated heterocycles. The Morgan fingerprint density at radius 3 is 2.87 bits per heavy atom. The van der Waals surface area contributed by atoms with Crippen LogP contribution >= 0.6 is 0 Å². The molecule has 7 heteroatoms. The van der Waals surface area contributed by atoms with Gasteiger partial charge < -0.3 is 4.90 Å². The fourth-order valence-electron chi connectivity index (χ4n) is 3.26. The van der Waals surface area contributed by atoms with Crippen LogP contribution in [0.25, 0.3) is 5.65 Å². The lowest BCUT2D eigenvalue weighted by atomic mass is 9.91. The first kappa shape index (κ1) is 13.6. The highest BCUT2D eigenvalue weighted by Crippen LogP contribution is 2.33. The lowest BCUT2D eigenvalue weighted by Crippen LogP contribution is -2.35. The summed E-state index contributed by atoms with van der Waals surface area (Å²) in [6.07, 6.45) is 2.02. The molecule has 1 aliphatic heterocycles. The van der Waals surface area contributed by atoms with Crippen LogP contribution in [0.1, 0.15) is 24.3 Å². The molecule has 3 aromatic rings. The maximum Gasteiger partial charge on any atom is 0.200 e. The van der Waals surface area contributed by atoms with Crippen LogP contribution in [-0.2, 0) is 0 Å². The first-order valence-electron chi connectivity index (χ1n) is 7.63. The molecular weight excluding hydrogens is 290 g/mol. The van der Waals surface area contributed by atoms with Crippen LogP contribution in [0.5, 0.6) is 0 Å². The van der Waals surface area contributed by atoms with E-state index in [0.29, 0.717) is 5.65 Å². The maximum atomic E-state index is 9.71. The van der Waals surface area contributed by atoms with Crippen LogP contribution in [0.15, 0.2) is 42.5 Å². The van der Waals surface area contributed by atoms with Crippen molar-refractivity contribution in [1.82, 2.24) is 25.3 Å². The number of hydrogen-bond acceptors (Lipinski definition) is 6. The lowest BCUT2D eigenvalue weighted by Gasteiger charge is -2.29. The Bertz CT molecular complexity index is 851. The summed E-state index contributed by atoms with van der Waals surface area (Å²) in [6.45, 7) is 0.885. The largest absolute Gasteiger partial charge is 0.350 e. The standard InChI is InChI=1S/C16H15N7/c17-11-13(12-5-2-1-3-6-12)14-7-4-10-22(14)16-9-8-15-18-20-21-23(15)19-16/h1-3,5-6,8-9,13-14H,4,7,10H2. The molecule has 0 saturated carbocycles. The zero-order valence-corrected chi connectivity index (χ0v) is 12.4. The van der Waals surface area contributed by atoms with Gasteiger partial charge in [-0.15, -0.1) is 14.8 Å². The van der Waals surface area contributed by atoms with Crippen LogP contribution in [0.2, 0.25) is 0 Å². The van der Waals surface area contributed by atoms with E-state index >= 15 is 0 Å². The van der Waals surface area contributed by atoms with Crippen molar-refractivity contribution in [3.63, 3.8) is 0 Å². The molecule has 3 heterocycles.